The molecule has 1 heterocycles. The van der Waals surface area contributed by atoms with Gasteiger partial charge in [-0.05, 0) is 30.3 Å². The second-order valence-corrected chi connectivity index (χ2v) is 5.56. The molecule has 2 aromatic rings. The maximum Gasteiger partial charge on any atom is 0.255 e. The molecule has 3 rings (SSSR count). The summed E-state index contributed by atoms with van der Waals surface area (Å²) in [7, 11) is 0. The van der Waals surface area contributed by atoms with Gasteiger partial charge in [-0.3, -0.25) is 9.59 Å². The Morgan fingerprint density at radius 2 is 1.72 bits per heavy atom. The Hall–Kier alpha value is -2.80. The van der Waals surface area contributed by atoms with E-state index in [9.17, 15) is 18.4 Å². The van der Waals surface area contributed by atoms with Gasteiger partial charge < -0.3 is 15.0 Å². The number of carbonyl (C=O) groups excluding carboxylic acids is 2. The maximum atomic E-state index is 13.6. The molecule has 0 saturated carbocycles. The Morgan fingerprint density at radius 3 is 2.44 bits per heavy atom. The average molecular weight is 346 g/mol. The van der Waals surface area contributed by atoms with E-state index in [0.717, 1.165) is 12.1 Å². The number of anilines is 1. The van der Waals surface area contributed by atoms with Crippen molar-refractivity contribution in [1.82, 2.24) is 4.90 Å². The molecule has 1 aliphatic heterocycles. The normalized spacial score (nSPS) is 14.2. The first-order chi connectivity index (χ1) is 12.0. The van der Waals surface area contributed by atoms with Crippen LogP contribution in [-0.4, -0.2) is 43.0 Å². The molecule has 130 valence electrons. The number of rotatable bonds is 3. The van der Waals surface area contributed by atoms with Gasteiger partial charge in [-0.2, -0.15) is 0 Å². The number of ether oxygens (including phenoxy) is 1. The molecule has 0 unspecified atom stereocenters. The third kappa shape index (κ3) is 4.00. The van der Waals surface area contributed by atoms with Crippen molar-refractivity contribution in [3.8, 4) is 0 Å². The van der Waals surface area contributed by atoms with Crippen molar-refractivity contribution in [2.75, 3.05) is 31.6 Å². The molecule has 0 radical (unpaired) electrons. The van der Waals surface area contributed by atoms with Crippen molar-refractivity contribution in [2.24, 2.45) is 0 Å². The van der Waals surface area contributed by atoms with E-state index in [1.807, 2.05) is 0 Å². The van der Waals surface area contributed by atoms with Gasteiger partial charge in [-0.1, -0.05) is 6.07 Å². The van der Waals surface area contributed by atoms with Crippen molar-refractivity contribution in [3.63, 3.8) is 0 Å². The Bertz CT molecular complexity index is 805. The highest BCUT2D eigenvalue weighted by Gasteiger charge is 2.19. The van der Waals surface area contributed by atoms with Gasteiger partial charge in [0.1, 0.15) is 11.6 Å². The second kappa shape index (κ2) is 7.40. The lowest BCUT2D eigenvalue weighted by Crippen LogP contribution is -2.40. The fourth-order valence-electron chi connectivity index (χ4n) is 2.53. The van der Waals surface area contributed by atoms with Crippen LogP contribution in [0, 0.1) is 11.6 Å². The Kier molecular flexibility index (Phi) is 5.04. The second-order valence-electron chi connectivity index (χ2n) is 5.56. The molecule has 1 aliphatic rings. The van der Waals surface area contributed by atoms with Crippen molar-refractivity contribution >= 4 is 17.5 Å². The third-order valence-electron chi connectivity index (χ3n) is 3.85. The van der Waals surface area contributed by atoms with Gasteiger partial charge in [-0.25, -0.2) is 8.78 Å². The van der Waals surface area contributed by atoms with Crippen LogP contribution in [0.25, 0.3) is 0 Å². The molecule has 0 atom stereocenters. The third-order valence-corrected chi connectivity index (χ3v) is 3.85. The van der Waals surface area contributed by atoms with Crippen molar-refractivity contribution in [1.29, 1.82) is 0 Å². The first kappa shape index (κ1) is 17.0. The lowest BCUT2D eigenvalue weighted by atomic mass is 10.1. The van der Waals surface area contributed by atoms with Crippen LogP contribution in [0.2, 0.25) is 0 Å². The summed E-state index contributed by atoms with van der Waals surface area (Å²) in [4.78, 5) is 26.4. The van der Waals surface area contributed by atoms with Gasteiger partial charge in [0, 0.05) is 30.3 Å². The number of halogens is 2. The minimum absolute atomic E-state index is 0.128. The highest BCUT2D eigenvalue weighted by molar-refractivity contribution is 6.06. The summed E-state index contributed by atoms with van der Waals surface area (Å²) in [6.07, 6.45) is 0. The van der Waals surface area contributed by atoms with E-state index in [1.165, 1.54) is 12.1 Å². The van der Waals surface area contributed by atoms with Gasteiger partial charge in [0.25, 0.3) is 11.8 Å². The van der Waals surface area contributed by atoms with Gasteiger partial charge in [0.05, 0.1) is 18.9 Å². The van der Waals surface area contributed by atoms with Crippen LogP contribution < -0.4 is 5.32 Å². The zero-order valence-electron chi connectivity index (χ0n) is 13.3. The minimum atomic E-state index is -0.867. The molecule has 1 N–H and O–H groups in total. The van der Waals surface area contributed by atoms with Crippen LogP contribution in [0.15, 0.2) is 42.5 Å². The summed E-state index contributed by atoms with van der Waals surface area (Å²) in [6.45, 7) is 1.96. The first-order valence-corrected chi connectivity index (χ1v) is 7.78. The van der Waals surface area contributed by atoms with Crippen LogP contribution >= 0.6 is 0 Å². The van der Waals surface area contributed by atoms with E-state index in [-0.39, 0.29) is 17.2 Å². The van der Waals surface area contributed by atoms with E-state index < -0.39 is 17.5 Å². The topological polar surface area (TPSA) is 58.6 Å². The van der Waals surface area contributed by atoms with E-state index in [4.69, 9.17) is 4.74 Å². The van der Waals surface area contributed by atoms with Crippen LogP contribution in [0.4, 0.5) is 14.5 Å². The molecule has 0 aliphatic carbocycles. The molecule has 0 bridgehead atoms. The van der Waals surface area contributed by atoms with E-state index in [1.54, 1.807) is 17.0 Å². The zero-order chi connectivity index (χ0) is 17.8. The molecule has 2 aromatic carbocycles. The van der Waals surface area contributed by atoms with Crippen LogP contribution in [0.1, 0.15) is 20.7 Å². The molecular weight excluding hydrogens is 330 g/mol. The maximum absolute atomic E-state index is 13.6. The lowest BCUT2D eigenvalue weighted by molar-refractivity contribution is 0.0303. The molecular formula is C18H16F2N2O3. The average Bonchev–Trinajstić information content (AvgIpc) is 2.64. The molecule has 2 amide bonds. The molecule has 0 aromatic heterocycles. The fraction of sp³-hybridized carbons (Fsp3) is 0.222. The van der Waals surface area contributed by atoms with E-state index >= 15 is 0 Å². The standard InChI is InChI=1S/C18H16F2N2O3/c19-14-4-5-16(15(20)11-14)21-17(23)12-2-1-3-13(10-12)18(24)22-6-8-25-9-7-22/h1-5,10-11H,6-9H2,(H,21,23). The summed E-state index contributed by atoms with van der Waals surface area (Å²) in [5, 5.41) is 2.37. The zero-order valence-corrected chi connectivity index (χ0v) is 13.3. The van der Waals surface area contributed by atoms with Crippen LogP contribution in [0.5, 0.6) is 0 Å². The van der Waals surface area contributed by atoms with Gasteiger partial charge in [-0.15, -0.1) is 0 Å². The predicted octanol–water partition coefficient (Wildman–Crippen LogP) is 2.69. The first-order valence-electron chi connectivity index (χ1n) is 7.78. The molecule has 1 fully saturated rings. The highest BCUT2D eigenvalue weighted by Crippen LogP contribution is 2.17. The number of nitrogens with zero attached hydrogens (tertiary/aromatic N) is 1. The number of amides is 2. The Morgan fingerprint density at radius 1 is 1.00 bits per heavy atom. The largest absolute Gasteiger partial charge is 0.378 e. The summed E-state index contributed by atoms with van der Waals surface area (Å²) < 4.78 is 31.8. The molecule has 25 heavy (non-hydrogen) atoms. The molecule has 1 saturated heterocycles. The SMILES string of the molecule is O=C(Nc1ccc(F)cc1F)c1cccc(C(=O)N2CCOCC2)c1. The lowest BCUT2D eigenvalue weighted by Gasteiger charge is -2.27. The van der Waals surface area contributed by atoms with Crippen molar-refractivity contribution in [3.05, 3.63) is 65.2 Å². The Labute approximate surface area is 143 Å². The summed E-state index contributed by atoms with van der Waals surface area (Å²) in [5.74, 6) is -2.37. The molecule has 0 spiro atoms. The quantitative estimate of drug-likeness (QED) is 0.930. The molecule has 5 nitrogen and oxygen atoms in total. The monoisotopic (exact) mass is 346 g/mol. The number of morpholine rings is 1. The van der Waals surface area contributed by atoms with Crippen LogP contribution in [0.3, 0.4) is 0 Å². The van der Waals surface area contributed by atoms with E-state index in [2.05, 4.69) is 5.32 Å². The summed E-state index contributed by atoms with van der Waals surface area (Å²) in [5.41, 5.74) is 0.452. The number of nitrogens with one attached hydrogen (secondary N) is 1. The van der Waals surface area contributed by atoms with Crippen LogP contribution in [-0.2, 0) is 4.74 Å². The van der Waals surface area contributed by atoms with Crippen molar-refractivity contribution < 1.29 is 23.1 Å². The smallest absolute Gasteiger partial charge is 0.255 e. The van der Waals surface area contributed by atoms with E-state index in [0.29, 0.717) is 37.9 Å². The minimum Gasteiger partial charge on any atom is -0.378 e. The predicted molar refractivity (Wildman–Crippen MR) is 87.5 cm³/mol. The van der Waals surface area contributed by atoms with Gasteiger partial charge >= 0.3 is 0 Å². The van der Waals surface area contributed by atoms with Gasteiger partial charge in [0.2, 0.25) is 0 Å². The fourth-order valence-corrected chi connectivity index (χ4v) is 2.53. The number of carbonyl (C=O) groups is 2. The van der Waals surface area contributed by atoms with Crippen molar-refractivity contribution in [2.45, 2.75) is 0 Å². The van der Waals surface area contributed by atoms with Gasteiger partial charge in [0.15, 0.2) is 0 Å². The number of hydrogen-bond donors (Lipinski definition) is 1. The molecule has 7 heteroatoms. The Balaban J connectivity index is 1.76. The highest BCUT2D eigenvalue weighted by atomic mass is 19.1. The number of benzene rings is 2. The summed E-state index contributed by atoms with van der Waals surface area (Å²) >= 11 is 0. The number of hydrogen-bond acceptors (Lipinski definition) is 3. The summed E-state index contributed by atoms with van der Waals surface area (Å²) in [6, 6.07) is 9.06.